The second-order valence-corrected chi connectivity index (χ2v) is 8.21. The summed E-state index contributed by atoms with van der Waals surface area (Å²) in [7, 11) is 0. The Morgan fingerprint density at radius 3 is 2.71 bits per heavy atom. The van der Waals surface area contributed by atoms with Crippen molar-refractivity contribution in [2.75, 3.05) is 42.5 Å². The minimum atomic E-state index is 0.0147. The van der Waals surface area contributed by atoms with Crippen LogP contribution in [0.3, 0.4) is 0 Å². The molecule has 0 saturated carbocycles. The predicted octanol–water partition coefficient (Wildman–Crippen LogP) is 2.52. The molecule has 4 heterocycles. The number of nitrogens with zero attached hydrogens (tertiary/aromatic N) is 6. The van der Waals surface area contributed by atoms with Gasteiger partial charge in [-0.1, -0.05) is 12.1 Å². The number of hydrogen-bond donors (Lipinski definition) is 0. The van der Waals surface area contributed by atoms with Crippen LogP contribution in [0.15, 0.2) is 42.6 Å². The van der Waals surface area contributed by atoms with Crippen molar-refractivity contribution in [1.29, 1.82) is 0 Å². The van der Waals surface area contributed by atoms with Crippen molar-refractivity contribution in [1.82, 2.24) is 19.5 Å². The average Bonchev–Trinajstić information content (AvgIpc) is 3.33. The number of hydrogen-bond acceptors (Lipinski definition) is 5. The summed E-state index contributed by atoms with van der Waals surface area (Å²) >= 11 is 0. The molecule has 31 heavy (non-hydrogen) atoms. The summed E-state index contributed by atoms with van der Waals surface area (Å²) in [4.78, 5) is 31.4. The lowest BCUT2D eigenvalue weighted by Crippen LogP contribution is -2.36. The zero-order valence-corrected chi connectivity index (χ0v) is 17.7. The van der Waals surface area contributed by atoms with Gasteiger partial charge in [-0.3, -0.25) is 14.0 Å². The van der Waals surface area contributed by atoms with Gasteiger partial charge in [0, 0.05) is 56.6 Å². The number of amides is 2. The molecule has 0 radical (unpaired) electrons. The molecule has 2 aliphatic heterocycles. The van der Waals surface area contributed by atoms with Gasteiger partial charge in [0.1, 0.15) is 0 Å². The van der Waals surface area contributed by atoms with Gasteiger partial charge in [0.2, 0.25) is 11.9 Å². The van der Waals surface area contributed by atoms with E-state index in [4.69, 9.17) is 0 Å². The largest absolute Gasteiger partial charge is 0.339 e. The first-order valence-electron chi connectivity index (χ1n) is 10.9. The Balaban J connectivity index is 1.33. The van der Waals surface area contributed by atoms with E-state index in [1.165, 1.54) is 0 Å². The summed E-state index contributed by atoms with van der Waals surface area (Å²) in [5.74, 6) is 0.967. The van der Waals surface area contributed by atoms with E-state index in [1.54, 1.807) is 0 Å². The molecule has 0 N–H and O–H groups in total. The Morgan fingerprint density at radius 2 is 1.87 bits per heavy atom. The van der Waals surface area contributed by atoms with Crippen LogP contribution >= 0.6 is 0 Å². The fourth-order valence-corrected chi connectivity index (χ4v) is 4.48. The topological polar surface area (TPSA) is 74.1 Å². The quantitative estimate of drug-likeness (QED) is 0.654. The normalized spacial score (nSPS) is 17.5. The third-order valence-electron chi connectivity index (χ3n) is 6.18. The molecule has 5 rings (SSSR count). The lowest BCUT2D eigenvalue weighted by Gasteiger charge is -2.23. The van der Waals surface area contributed by atoms with E-state index in [9.17, 15) is 9.59 Å². The highest BCUT2D eigenvalue weighted by atomic mass is 16.2. The second kappa shape index (κ2) is 8.02. The molecule has 0 bridgehead atoms. The van der Waals surface area contributed by atoms with Crippen LogP contribution in [0, 0.1) is 6.92 Å². The van der Waals surface area contributed by atoms with Crippen LogP contribution in [0.1, 0.15) is 35.2 Å². The molecule has 0 atom stereocenters. The van der Waals surface area contributed by atoms with Crippen molar-refractivity contribution in [3.63, 3.8) is 0 Å². The van der Waals surface area contributed by atoms with Gasteiger partial charge < -0.3 is 14.7 Å². The molecule has 1 aromatic carbocycles. The SMILES string of the molecule is Cc1ccc(C(=O)N2CCCN(c3nnc4ccccn34)CC2)cc1N1CCCC1=O. The van der Waals surface area contributed by atoms with E-state index in [1.807, 2.05) is 63.7 Å². The zero-order valence-electron chi connectivity index (χ0n) is 17.7. The summed E-state index contributed by atoms with van der Waals surface area (Å²) in [6.45, 7) is 5.54. The van der Waals surface area contributed by atoms with E-state index < -0.39 is 0 Å². The molecule has 2 saturated heterocycles. The zero-order chi connectivity index (χ0) is 21.4. The molecule has 8 nitrogen and oxygen atoms in total. The van der Waals surface area contributed by atoms with Crippen molar-refractivity contribution in [3.8, 4) is 0 Å². The first-order valence-corrected chi connectivity index (χ1v) is 10.9. The summed E-state index contributed by atoms with van der Waals surface area (Å²) in [5, 5.41) is 8.61. The van der Waals surface area contributed by atoms with Gasteiger partial charge in [-0.25, -0.2) is 0 Å². The monoisotopic (exact) mass is 418 g/mol. The van der Waals surface area contributed by atoms with E-state index in [0.717, 1.165) is 48.8 Å². The minimum absolute atomic E-state index is 0.0147. The minimum Gasteiger partial charge on any atom is -0.339 e. The van der Waals surface area contributed by atoms with E-state index >= 15 is 0 Å². The molecule has 0 aliphatic carbocycles. The van der Waals surface area contributed by atoms with Gasteiger partial charge in [-0.05, 0) is 49.6 Å². The van der Waals surface area contributed by atoms with Crippen LogP contribution in [0.4, 0.5) is 11.6 Å². The second-order valence-electron chi connectivity index (χ2n) is 8.21. The molecule has 3 aromatic rings. The Bertz CT molecular complexity index is 1140. The predicted molar refractivity (Wildman–Crippen MR) is 118 cm³/mol. The first kappa shape index (κ1) is 19.5. The Morgan fingerprint density at radius 1 is 0.968 bits per heavy atom. The highest BCUT2D eigenvalue weighted by molar-refractivity contribution is 5.99. The van der Waals surface area contributed by atoms with Gasteiger partial charge in [0.25, 0.3) is 5.91 Å². The van der Waals surface area contributed by atoms with Crippen molar-refractivity contribution in [3.05, 3.63) is 53.7 Å². The molecule has 2 fully saturated rings. The van der Waals surface area contributed by atoms with Gasteiger partial charge >= 0.3 is 0 Å². The van der Waals surface area contributed by atoms with Gasteiger partial charge in [-0.15, -0.1) is 10.2 Å². The third kappa shape index (κ3) is 3.62. The number of carbonyl (C=O) groups is 2. The molecule has 8 heteroatoms. The van der Waals surface area contributed by atoms with Gasteiger partial charge in [-0.2, -0.15) is 0 Å². The first-order chi connectivity index (χ1) is 15.1. The van der Waals surface area contributed by atoms with Crippen LogP contribution in [0.2, 0.25) is 0 Å². The summed E-state index contributed by atoms with van der Waals surface area (Å²) < 4.78 is 1.98. The lowest BCUT2D eigenvalue weighted by molar-refractivity contribution is -0.117. The fourth-order valence-electron chi connectivity index (χ4n) is 4.48. The maximum absolute atomic E-state index is 13.3. The summed E-state index contributed by atoms with van der Waals surface area (Å²) in [6.07, 6.45) is 4.27. The number of carbonyl (C=O) groups excluding carboxylic acids is 2. The van der Waals surface area contributed by atoms with Gasteiger partial charge in [0.05, 0.1) is 0 Å². The Labute approximate surface area is 181 Å². The smallest absolute Gasteiger partial charge is 0.253 e. The number of benzene rings is 1. The molecule has 2 aliphatic rings. The van der Waals surface area contributed by atoms with Crippen LogP contribution in [0.5, 0.6) is 0 Å². The average molecular weight is 419 g/mol. The Hall–Kier alpha value is -3.42. The standard InChI is InChI=1S/C23H26N6O2/c1-17-8-9-18(16-19(17)28-13-4-7-21(28)30)22(31)26-10-5-11-27(15-14-26)23-25-24-20-6-2-3-12-29(20)23/h2-3,6,8-9,12,16H,4-5,7,10-11,13-15H2,1H3. The summed E-state index contributed by atoms with van der Waals surface area (Å²) in [6, 6.07) is 11.5. The highest BCUT2D eigenvalue weighted by Crippen LogP contribution is 2.27. The highest BCUT2D eigenvalue weighted by Gasteiger charge is 2.26. The summed E-state index contributed by atoms with van der Waals surface area (Å²) in [5.41, 5.74) is 3.34. The molecule has 2 aromatic heterocycles. The fraction of sp³-hybridized carbons (Fsp3) is 0.391. The van der Waals surface area contributed by atoms with Crippen molar-refractivity contribution in [2.24, 2.45) is 0 Å². The van der Waals surface area contributed by atoms with E-state index in [0.29, 0.717) is 31.6 Å². The van der Waals surface area contributed by atoms with E-state index in [-0.39, 0.29) is 11.8 Å². The van der Waals surface area contributed by atoms with Crippen LogP contribution in [-0.4, -0.2) is 64.0 Å². The van der Waals surface area contributed by atoms with Crippen molar-refractivity contribution in [2.45, 2.75) is 26.2 Å². The number of fused-ring (bicyclic) bond motifs is 1. The maximum Gasteiger partial charge on any atom is 0.253 e. The molecular formula is C23H26N6O2. The number of rotatable bonds is 3. The molecule has 0 spiro atoms. The van der Waals surface area contributed by atoms with E-state index in [2.05, 4.69) is 15.1 Å². The molecule has 0 unspecified atom stereocenters. The third-order valence-corrected chi connectivity index (χ3v) is 6.18. The molecule has 2 amide bonds. The number of aromatic nitrogens is 3. The van der Waals surface area contributed by atoms with Crippen molar-refractivity contribution >= 4 is 29.1 Å². The van der Waals surface area contributed by atoms with Crippen LogP contribution in [0.25, 0.3) is 5.65 Å². The molecule has 160 valence electrons. The van der Waals surface area contributed by atoms with Crippen LogP contribution in [-0.2, 0) is 4.79 Å². The van der Waals surface area contributed by atoms with Crippen LogP contribution < -0.4 is 9.80 Å². The maximum atomic E-state index is 13.3. The Kier molecular flexibility index (Phi) is 5.05. The molecular weight excluding hydrogens is 392 g/mol. The number of pyridine rings is 1. The van der Waals surface area contributed by atoms with Gasteiger partial charge in [0.15, 0.2) is 5.65 Å². The number of aryl methyl sites for hydroxylation is 1. The van der Waals surface area contributed by atoms with Crippen molar-refractivity contribution < 1.29 is 9.59 Å². The number of anilines is 2. The lowest BCUT2D eigenvalue weighted by atomic mass is 10.1.